The van der Waals surface area contributed by atoms with Gasteiger partial charge in [0, 0.05) is 10.2 Å². The number of carboxylic acid groups (broad SMARTS) is 1. The maximum Gasteiger partial charge on any atom is 0.329 e. The maximum absolute atomic E-state index is 11.7. The number of hydrogen-bond acceptors (Lipinski definition) is 2. The normalized spacial score (nSPS) is 15.9. The van der Waals surface area contributed by atoms with Crippen molar-refractivity contribution in [2.24, 2.45) is 0 Å². The summed E-state index contributed by atoms with van der Waals surface area (Å²) in [6.45, 7) is 1.86. The van der Waals surface area contributed by atoms with E-state index >= 15 is 0 Å². The fourth-order valence-corrected chi connectivity index (χ4v) is 2.00. The molecule has 0 aliphatic heterocycles. The van der Waals surface area contributed by atoms with Gasteiger partial charge in [-0.05, 0) is 37.5 Å². The average molecular weight is 313 g/mol. The van der Waals surface area contributed by atoms with Gasteiger partial charge >= 0.3 is 12.0 Å². The summed E-state index contributed by atoms with van der Waals surface area (Å²) >= 11 is 3.37. The zero-order chi connectivity index (χ0) is 13.3. The predicted octanol–water partition coefficient (Wildman–Crippen LogP) is 2.50. The molecule has 0 spiro atoms. The van der Waals surface area contributed by atoms with Crippen LogP contribution in [0.5, 0.6) is 0 Å². The Morgan fingerprint density at radius 3 is 2.61 bits per heavy atom. The van der Waals surface area contributed by atoms with Gasteiger partial charge in [0.1, 0.15) is 5.54 Å². The number of nitrogens with one attached hydrogen (secondary N) is 2. The Morgan fingerprint density at radius 2 is 2.06 bits per heavy atom. The molecule has 1 fully saturated rings. The van der Waals surface area contributed by atoms with Crippen LogP contribution in [0.15, 0.2) is 22.7 Å². The monoisotopic (exact) mass is 312 g/mol. The van der Waals surface area contributed by atoms with E-state index in [1.807, 2.05) is 13.0 Å². The molecule has 1 aromatic rings. The number of aliphatic carboxylic acids is 1. The molecule has 0 saturated heterocycles. The highest BCUT2D eigenvalue weighted by molar-refractivity contribution is 9.10. The molecule has 1 aromatic carbocycles. The van der Waals surface area contributed by atoms with Gasteiger partial charge in [0.15, 0.2) is 0 Å². The quantitative estimate of drug-likeness (QED) is 0.802. The number of benzene rings is 1. The van der Waals surface area contributed by atoms with E-state index in [1.165, 1.54) is 0 Å². The Hall–Kier alpha value is -1.56. The first-order valence-corrected chi connectivity index (χ1v) is 6.31. The number of hydrogen-bond donors (Lipinski definition) is 3. The lowest BCUT2D eigenvalue weighted by atomic mass is 10.2. The number of carbonyl (C=O) groups is 2. The van der Waals surface area contributed by atoms with Crippen LogP contribution in [-0.4, -0.2) is 22.6 Å². The lowest BCUT2D eigenvalue weighted by Crippen LogP contribution is -2.45. The minimum atomic E-state index is -1.07. The van der Waals surface area contributed by atoms with E-state index in [0.717, 1.165) is 10.0 Å². The van der Waals surface area contributed by atoms with Gasteiger partial charge in [-0.3, -0.25) is 0 Å². The minimum absolute atomic E-state index is 0.479. The van der Waals surface area contributed by atoms with E-state index in [9.17, 15) is 9.59 Å². The predicted molar refractivity (Wildman–Crippen MR) is 70.6 cm³/mol. The third-order valence-corrected chi connectivity index (χ3v) is 3.89. The van der Waals surface area contributed by atoms with Gasteiger partial charge in [-0.15, -0.1) is 0 Å². The van der Waals surface area contributed by atoms with Crippen molar-refractivity contribution >= 4 is 33.6 Å². The lowest BCUT2D eigenvalue weighted by Gasteiger charge is -2.14. The van der Waals surface area contributed by atoms with Gasteiger partial charge < -0.3 is 15.7 Å². The van der Waals surface area contributed by atoms with Crippen molar-refractivity contribution in [3.8, 4) is 0 Å². The van der Waals surface area contributed by atoms with Crippen LogP contribution in [0.25, 0.3) is 0 Å². The summed E-state index contributed by atoms with van der Waals surface area (Å²) in [6.07, 6.45) is 0.959. The molecule has 0 bridgehead atoms. The molecule has 0 heterocycles. The molecule has 0 aromatic heterocycles. The van der Waals surface area contributed by atoms with E-state index in [2.05, 4.69) is 26.6 Å². The van der Waals surface area contributed by atoms with E-state index in [0.29, 0.717) is 18.5 Å². The smallest absolute Gasteiger partial charge is 0.329 e. The van der Waals surface area contributed by atoms with Gasteiger partial charge in [-0.25, -0.2) is 9.59 Å². The van der Waals surface area contributed by atoms with E-state index < -0.39 is 17.5 Å². The summed E-state index contributed by atoms with van der Waals surface area (Å²) in [5.74, 6) is -0.983. The Kier molecular flexibility index (Phi) is 3.30. The molecule has 0 radical (unpaired) electrons. The second-order valence-electron chi connectivity index (χ2n) is 4.38. The maximum atomic E-state index is 11.7. The molecule has 2 amide bonds. The number of amides is 2. The molecule has 1 saturated carbocycles. The van der Waals surface area contributed by atoms with Crippen LogP contribution >= 0.6 is 15.9 Å². The number of rotatable bonds is 3. The Labute approximate surface area is 113 Å². The fraction of sp³-hybridized carbons (Fsp3) is 0.333. The molecule has 3 N–H and O–H groups in total. The molecule has 5 nitrogen and oxygen atoms in total. The fourth-order valence-electron chi connectivity index (χ4n) is 1.63. The summed E-state index contributed by atoms with van der Waals surface area (Å²) in [7, 11) is 0. The van der Waals surface area contributed by atoms with Crippen molar-refractivity contribution in [1.82, 2.24) is 5.32 Å². The van der Waals surface area contributed by atoms with Gasteiger partial charge in [0.05, 0.1) is 0 Å². The van der Waals surface area contributed by atoms with Crippen LogP contribution in [0, 0.1) is 6.92 Å². The number of halogens is 1. The van der Waals surface area contributed by atoms with Crippen molar-refractivity contribution in [2.75, 3.05) is 5.32 Å². The number of carbonyl (C=O) groups excluding carboxylic acids is 1. The van der Waals surface area contributed by atoms with Crippen LogP contribution in [0.3, 0.4) is 0 Å². The Bertz CT molecular complexity index is 512. The summed E-state index contributed by atoms with van der Waals surface area (Å²) in [5.41, 5.74) is 0.486. The van der Waals surface area contributed by atoms with Crippen molar-refractivity contribution in [1.29, 1.82) is 0 Å². The molecule has 1 aliphatic rings. The van der Waals surface area contributed by atoms with Crippen LogP contribution in [0.1, 0.15) is 18.4 Å². The highest BCUT2D eigenvalue weighted by atomic mass is 79.9. The SMILES string of the molecule is Cc1c(Br)cccc1NC(=O)NC1(C(=O)O)CC1. The summed E-state index contributed by atoms with van der Waals surface area (Å²) < 4.78 is 0.889. The largest absolute Gasteiger partial charge is 0.480 e. The summed E-state index contributed by atoms with van der Waals surface area (Å²) in [5, 5.41) is 14.1. The van der Waals surface area contributed by atoms with Gasteiger partial charge in [0.25, 0.3) is 0 Å². The van der Waals surface area contributed by atoms with Gasteiger partial charge in [-0.1, -0.05) is 22.0 Å². The zero-order valence-corrected chi connectivity index (χ0v) is 11.4. The van der Waals surface area contributed by atoms with E-state index in [4.69, 9.17) is 5.11 Å². The molecular formula is C12H13BrN2O3. The first-order valence-electron chi connectivity index (χ1n) is 5.52. The standard InChI is InChI=1S/C12H13BrN2O3/c1-7-8(13)3-2-4-9(7)14-11(18)15-12(5-6-12)10(16)17/h2-4H,5-6H2,1H3,(H,16,17)(H2,14,15,18). The van der Waals surface area contributed by atoms with Gasteiger partial charge in [0.2, 0.25) is 0 Å². The van der Waals surface area contributed by atoms with Crippen LogP contribution in [0.4, 0.5) is 10.5 Å². The molecular weight excluding hydrogens is 300 g/mol. The van der Waals surface area contributed by atoms with E-state index in [1.54, 1.807) is 12.1 Å². The van der Waals surface area contributed by atoms with Crippen molar-refractivity contribution in [2.45, 2.75) is 25.3 Å². The second kappa shape index (κ2) is 4.61. The molecule has 6 heteroatoms. The zero-order valence-electron chi connectivity index (χ0n) is 9.79. The molecule has 2 rings (SSSR count). The molecule has 96 valence electrons. The van der Waals surface area contributed by atoms with Crippen molar-refractivity contribution in [3.05, 3.63) is 28.2 Å². The highest BCUT2D eigenvalue weighted by Gasteiger charge is 2.51. The van der Waals surface area contributed by atoms with E-state index in [-0.39, 0.29) is 0 Å². The third-order valence-electron chi connectivity index (χ3n) is 3.03. The summed E-state index contributed by atoms with van der Waals surface area (Å²) in [4.78, 5) is 22.7. The molecule has 18 heavy (non-hydrogen) atoms. The number of anilines is 1. The molecule has 0 atom stereocenters. The van der Waals surface area contributed by atoms with Crippen LogP contribution in [-0.2, 0) is 4.79 Å². The molecule has 0 unspecified atom stereocenters. The third kappa shape index (κ3) is 2.48. The minimum Gasteiger partial charge on any atom is -0.480 e. The first-order chi connectivity index (χ1) is 8.44. The topological polar surface area (TPSA) is 78.4 Å². The van der Waals surface area contributed by atoms with Crippen molar-refractivity contribution < 1.29 is 14.7 Å². The average Bonchev–Trinajstić information content (AvgIpc) is 3.06. The molecule has 1 aliphatic carbocycles. The van der Waals surface area contributed by atoms with Crippen LogP contribution < -0.4 is 10.6 Å². The Morgan fingerprint density at radius 1 is 1.39 bits per heavy atom. The Balaban J connectivity index is 2.04. The van der Waals surface area contributed by atoms with Gasteiger partial charge in [-0.2, -0.15) is 0 Å². The van der Waals surface area contributed by atoms with Crippen LogP contribution in [0.2, 0.25) is 0 Å². The number of urea groups is 1. The lowest BCUT2D eigenvalue weighted by molar-refractivity contribution is -0.140. The second-order valence-corrected chi connectivity index (χ2v) is 5.23. The van der Waals surface area contributed by atoms with Crippen molar-refractivity contribution in [3.63, 3.8) is 0 Å². The highest BCUT2D eigenvalue weighted by Crippen LogP contribution is 2.35. The number of carboxylic acids is 1. The summed E-state index contributed by atoms with van der Waals surface area (Å²) in [6, 6.07) is 4.95. The first kappa shape index (κ1) is 12.9.